The highest BCUT2D eigenvalue weighted by molar-refractivity contribution is 5.89. The molecule has 33 heavy (non-hydrogen) atoms. The number of aromatic nitrogens is 4. The molecule has 0 unspecified atom stereocenters. The van der Waals surface area contributed by atoms with E-state index in [4.69, 9.17) is 9.26 Å². The van der Waals surface area contributed by atoms with Crippen LogP contribution < -0.4 is 15.0 Å². The van der Waals surface area contributed by atoms with Crippen LogP contribution in [0.1, 0.15) is 25.8 Å². The van der Waals surface area contributed by atoms with E-state index in [9.17, 15) is 18.7 Å². The summed E-state index contributed by atoms with van der Waals surface area (Å²) in [5.41, 5.74) is 0.435. The van der Waals surface area contributed by atoms with Crippen LogP contribution in [0.2, 0.25) is 0 Å². The van der Waals surface area contributed by atoms with Crippen LogP contribution >= 0.6 is 0 Å². The first-order chi connectivity index (χ1) is 15.8. The van der Waals surface area contributed by atoms with Crippen molar-refractivity contribution >= 4 is 17.9 Å². The number of rotatable bonds is 8. The van der Waals surface area contributed by atoms with Gasteiger partial charge in [0.15, 0.2) is 0 Å². The zero-order chi connectivity index (χ0) is 23.5. The highest BCUT2D eigenvalue weighted by Gasteiger charge is 2.38. The number of anilines is 2. The molecule has 4 rings (SSSR count). The molecular weight excluding hydrogens is 442 g/mol. The lowest BCUT2D eigenvalue weighted by Crippen LogP contribution is -2.41. The van der Waals surface area contributed by atoms with Gasteiger partial charge in [-0.05, 0) is 32.0 Å². The lowest BCUT2D eigenvalue weighted by atomic mass is 10.2. The van der Waals surface area contributed by atoms with Crippen molar-refractivity contribution in [1.29, 1.82) is 0 Å². The predicted octanol–water partition coefficient (Wildman–Crippen LogP) is 3.01. The number of benzene rings is 1. The SMILES string of the molecule is C[C@@H](Nc1nccc(N2C(=O)OC[C@@H]2[C@@H](C)O)n1)c1nc(-c2cccc(OC(F)F)c2)no1. The summed E-state index contributed by atoms with van der Waals surface area (Å²) in [4.78, 5) is 26.1. The molecule has 11 nitrogen and oxygen atoms in total. The molecule has 3 heterocycles. The summed E-state index contributed by atoms with van der Waals surface area (Å²) < 4.78 is 39.6. The van der Waals surface area contributed by atoms with E-state index in [1.807, 2.05) is 0 Å². The summed E-state index contributed by atoms with van der Waals surface area (Å²) in [6, 6.07) is 6.36. The molecule has 3 atom stereocenters. The fourth-order valence-corrected chi connectivity index (χ4v) is 3.20. The number of amides is 1. The van der Waals surface area contributed by atoms with Crippen molar-refractivity contribution in [3.8, 4) is 17.1 Å². The minimum atomic E-state index is -2.95. The van der Waals surface area contributed by atoms with Crippen LogP contribution in [0.5, 0.6) is 5.75 Å². The first-order valence-electron chi connectivity index (χ1n) is 9.94. The zero-order valence-corrected chi connectivity index (χ0v) is 17.6. The van der Waals surface area contributed by atoms with E-state index in [2.05, 4.69) is 30.2 Å². The lowest BCUT2D eigenvalue weighted by Gasteiger charge is -2.22. The molecule has 0 aliphatic carbocycles. The third kappa shape index (κ3) is 4.98. The summed E-state index contributed by atoms with van der Waals surface area (Å²) in [6.45, 7) is 0.393. The maximum Gasteiger partial charge on any atom is 0.416 e. The molecule has 1 aliphatic heterocycles. The van der Waals surface area contributed by atoms with Crippen LogP contribution in [0.4, 0.5) is 25.3 Å². The average Bonchev–Trinajstić information content (AvgIpc) is 3.41. The molecule has 0 spiro atoms. The van der Waals surface area contributed by atoms with E-state index in [1.165, 1.54) is 35.4 Å². The van der Waals surface area contributed by atoms with Crippen molar-refractivity contribution in [2.75, 3.05) is 16.8 Å². The summed E-state index contributed by atoms with van der Waals surface area (Å²) >= 11 is 0. The molecule has 13 heteroatoms. The van der Waals surface area contributed by atoms with Gasteiger partial charge in [0, 0.05) is 11.8 Å². The van der Waals surface area contributed by atoms with Gasteiger partial charge in [-0.2, -0.15) is 18.7 Å². The molecule has 1 aromatic carbocycles. The number of nitrogens with one attached hydrogen (secondary N) is 1. The molecule has 3 aromatic rings. The van der Waals surface area contributed by atoms with E-state index < -0.39 is 30.9 Å². The number of nitrogens with zero attached hydrogens (tertiary/aromatic N) is 5. The molecule has 0 saturated carbocycles. The minimum Gasteiger partial charge on any atom is -0.447 e. The molecule has 2 aromatic heterocycles. The largest absolute Gasteiger partial charge is 0.447 e. The van der Waals surface area contributed by atoms with Gasteiger partial charge in [0.1, 0.15) is 30.3 Å². The number of hydrogen-bond donors (Lipinski definition) is 2. The van der Waals surface area contributed by atoms with Crippen LogP contribution in [0.25, 0.3) is 11.4 Å². The van der Waals surface area contributed by atoms with E-state index in [-0.39, 0.29) is 35.8 Å². The number of halogens is 2. The second-order valence-corrected chi connectivity index (χ2v) is 7.22. The molecule has 0 bridgehead atoms. The van der Waals surface area contributed by atoms with E-state index in [0.29, 0.717) is 5.56 Å². The van der Waals surface area contributed by atoms with Crippen molar-refractivity contribution in [3.05, 3.63) is 42.4 Å². The Morgan fingerprint density at radius 2 is 2.09 bits per heavy atom. The smallest absolute Gasteiger partial charge is 0.416 e. The Kier molecular flexibility index (Phi) is 6.31. The number of ether oxygens (including phenoxy) is 2. The number of cyclic esters (lactones) is 1. The van der Waals surface area contributed by atoms with Crippen LogP contribution in [-0.2, 0) is 4.74 Å². The molecule has 1 saturated heterocycles. The Hall–Kier alpha value is -3.87. The summed E-state index contributed by atoms with van der Waals surface area (Å²) in [7, 11) is 0. The Labute approximate surface area is 186 Å². The van der Waals surface area contributed by atoms with Crippen LogP contribution in [0.15, 0.2) is 41.1 Å². The fraction of sp³-hybridized carbons (Fsp3) is 0.350. The van der Waals surface area contributed by atoms with Gasteiger partial charge < -0.3 is 24.4 Å². The maximum absolute atomic E-state index is 12.4. The van der Waals surface area contributed by atoms with Crippen molar-refractivity contribution in [2.24, 2.45) is 0 Å². The third-order valence-corrected chi connectivity index (χ3v) is 4.83. The van der Waals surface area contributed by atoms with Crippen LogP contribution in [0, 0.1) is 0 Å². The van der Waals surface area contributed by atoms with Crippen molar-refractivity contribution < 1.29 is 32.7 Å². The standard InChI is InChI=1S/C20H20F2N6O5/c1-10(17-26-16(27-33-17)12-4-3-5-13(8-12)32-18(21)22)24-19-23-7-6-15(25-19)28-14(11(2)29)9-31-20(28)30/h3-8,10-11,14,18,29H,9H2,1-2H3,(H,23,24,25)/t10-,11-,14-/m1/s1. The fourth-order valence-electron chi connectivity index (χ4n) is 3.20. The van der Waals surface area contributed by atoms with Crippen LogP contribution in [0.3, 0.4) is 0 Å². The first-order valence-corrected chi connectivity index (χ1v) is 9.94. The molecule has 1 amide bonds. The van der Waals surface area contributed by atoms with Crippen LogP contribution in [-0.4, -0.2) is 56.7 Å². The maximum atomic E-state index is 12.4. The van der Waals surface area contributed by atoms with Gasteiger partial charge in [0.2, 0.25) is 17.7 Å². The van der Waals surface area contributed by atoms with Gasteiger partial charge >= 0.3 is 12.7 Å². The van der Waals surface area contributed by atoms with Gasteiger partial charge in [0.05, 0.1) is 6.10 Å². The molecule has 2 N–H and O–H groups in total. The molecule has 174 valence electrons. The first kappa shape index (κ1) is 22.3. The summed E-state index contributed by atoms with van der Waals surface area (Å²) in [5.74, 6) is 0.793. The van der Waals surface area contributed by atoms with Gasteiger partial charge in [-0.25, -0.2) is 9.78 Å². The second-order valence-electron chi connectivity index (χ2n) is 7.22. The van der Waals surface area contributed by atoms with Crippen molar-refractivity contribution in [1.82, 2.24) is 20.1 Å². The van der Waals surface area contributed by atoms with Gasteiger partial charge in [0.25, 0.3) is 0 Å². The third-order valence-electron chi connectivity index (χ3n) is 4.83. The highest BCUT2D eigenvalue weighted by atomic mass is 19.3. The van der Waals surface area contributed by atoms with E-state index in [0.717, 1.165) is 0 Å². The van der Waals surface area contributed by atoms with Crippen molar-refractivity contribution in [3.63, 3.8) is 0 Å². The normalized spacial score (nSPS) is 17.7. The number of aliphatic hydroxyl groups is 1. The Bertz CT molecular complexity index is 1130. The number of alkyl halides is 2. The topological polar surface area (TPSA) is 136 Å². The Morgan fingerprint density at radius 3 is 2.85 bits per heavy atom. The zero-order valence-electron chi connectivity index (χ0n) is 17.6. The van der Waals surface area contributed by atoms with E-state index >= 15 is 0 Å². The van der Waals surface area contributed by atoms with Gasteiger partial charge in [-0.15, -0.1) is 0 Å². The Morgan fingerprint density at radius 1 is 1.27 bits per heavy atom. The van der Waals surface area contributed by atoms with Gasteiger partial charge in [-0.3, -0.25) is 4.90 Å². The average molecular weight is 462 g/mol. The minimum absolute atomic E-state index is 0.0267. The molecule has 1 fully saturated rings. The molecular formula is C20H20F2N6O5. The second kappa shape index (κ2) is 9.32. The predicted molar refractivity (Wildman–Crippen MR) is 110 cm³/mol. The number of hydrogen-bond acceptors (Lipinski definition) is 10. The Balaban J connectivity index is 1.49. The molecule has 0 radical (unpaired) electrons. The van der Waals surface area contributed by atoms with E-state index in [1.54, 1.807) is 19.9 Å². The number of carbonyl (C=O) groups excluding carboxylic acids is 1. The lowest BCUT2D eigenvalue weighted by molar-refractivity contribution is -0.0498. The monoisotopic (exact) mass is 462 g/mol. The quantitative estimate of drug-likeness (QED) is 0.514. The molecule has 1 aliphatic rings. The van der Waals surface area contributed by atoms with Crippen molar-refractivity contribution in [2.45, 2.75) is 38.6 Å². The van der Waals surface area contributed by atoms with Gasteiger partial charge in [-0.1, -0.05) is 17.3 Å². The summed E-state index contributed by atoms with van der Waals surface area (Å²) in [6.07, 6.45) is 0.0249. The number of carbonyl (C=O) groups is 1. The number of aliphatic hydroxyl groups excluding tert-OH is 1. The highest BCUT2D eigenvalue weighted by Crippen LogP contribution is 2.26. The summed E-state index contributed by atoms with van der Waals surface area (Å²) in [5, 5.41) is 16.8.